The first-order chi connectivity index (χ1) is 14.5. The Labute approximate surface area is 173 Å². The van der Waals surface area contributed by atoms with Gasteiger partial charge in [0.25, 0.3) is 5.91 Å². The van der Waals surface area contributed by atoms with E-state index in [1.165, 1.54) is 11.1 Å². The lowest BCUT2D eigenvalue weighted by Crippen LogP contribution is -2.42. The van der Waals surface area contributed by atoms with Crippen LogP contribution in [-0.4, -0.2) is 34.2 Å². The highest BCUT2D eigenvalue weighted by Crippen LogP contribution is 2.37. The third-order valence-electron chi connectivity index (χ3n) is 5.87. The number of amides is 3. The Morgan fingerprint density at radius 2 is 1.80 bits per heavy atom. The molecule has 1 N–H and O–H groups in total. The summed E-state index contributed by atoms with van der Waals surface area (Å²) in [4.78, 5) is 43.6. The van der Waals surface area contributed by atoms with Gasteiger partial charge in [0.1, 0.15) is 0 Å². The van der Waals surface area contributed by atoms with Gasteiger partial charge in [-0.25, -0.2) is 4.79 Å². The van der Waals surface area contributed by atoms with Crippen LogP contribution in [0.5, 0.6) is 0 Å². The van der Waals surface area contributed by atoms with Crippen LogP contribution in [0.4, 0.5) is 4.79 Å². The molecule has 5 rings (SSSR count). The fourth-order valence-electron chi connectivity index (χ4n) is 4.20. The van der Waals surface area contributed by atoms with E-state index in [4.69, 9.17) is 0 Å². The van der Waals surface area contributed by atoms with Crippen molar-refractivity contribution in [2.45, 2.75) is 18.9 Å². The fourth-order valence-corrected chi connectivity index (χ4v) is 4.20. The zero-order chi connectivity index (χ0) is 20.9. The number of benzene rings is 2. The highest BCUT2D eigenvalue weighted by Gasteiger charge is 2.50. The maximum atomic E-state index is 13.0. The van der Waals surface area contributed by atoms with Crippen molar-refractivity contribution in [1.82, 2.24) is 15.2 Å². The van der Waals surface area contributed by atoms with E-state index < -0.39 is 17.5 Å². The summed E-state index contributed by atoms with van der Waals surface area (Å²) in [5.41, 5.74) is 4.20. The maximum Gasteiger partial charge on any atom is 0.325 e. The molecule has 0 radical (unpaired) electrons. The predicted molar refractivity (Wildman–Crippen MR) is 111 cm³/mol. The molecule has 1 unspecified atom stereocenters. The third kappa shape index (κ3) is 2.72. The monoisotopic (exact) mass is 397 g/mol. The minimum atomic E-state index is -1.28. The molecule has 1 fully saturated rings. The number of hydrogen-bond acceptors (Lipinski definition) is 4. The second-order valence-electron chi connectivity index (χ2n) is 7.79. The largest absolute Gasteiger partial charge is 0.325 e. The summed E-state index contributed by atoms with van der Waals surface area (Å²) in [6.07, 6.45) is 2.41. The molecule has 3 amide bonds. The van der Waals surface area contributed by atoms with Gasteiger partial charge in [-0.15, -0.1) is 0 Å². The number of urea groups is 1. The number of rotatable bonds is 4. The average molecular weight is 397 g/mol. The quantitative estimate of drug-likeness (QED) is 0.423. The maximum absolute atomic E-state index is 13.0. The zero-order valence-electron chi connectivity index (χ0n) is 16.4. The molecule has 1 atom stereocenters. The summed E-state index contributed by atoms with van der Waals surface area (Å²) in [6, 6.07) is 18.3. The van der Waals surface area contributed by atoms with Gasteiger partial charge >= 0.3 is 6.03 Å². The minimum absolute atomic E-state index is 0.282. The summed E-state index contributed by atoms with van der Waals surface area (Å²) >= 11 is 0. The highest BCUT2D eigenvalue weighted by molar-refractivity contribution is 6.11. The van der Waals surface area contributed by atoms with E-state index in [2.05, 4.69) is 16.4 Å². The molecule has 2 heterocycles. The molecule has 3 aromatic rings. The molecule has 0 saturated carbocycles. The second-order valence-corrected chi connectivity index (χ2v) is 7.79. The van der Waals surface area contributed by atoms with Crippen molar-refractivity contribution in [3.8, 4) is 11.1 Å². The van der Waals surface area contributed by atoms with Gasteiger partial charge in [-0.1, -0.05) is 42.5 Å². The van der Waals surface area contributed by atoms with E-state index in [9.17, 15) is 14.4 Å². The van der Waals surface area contributed by atoms with Crippen LogP contribution in [0.15, 0.2) is 66.9 Å². The molecule has 148 valence electrons. The van der Waals surface area contributed by atoms with E-state index in [0.29, 0.717) is 11.3 Å². The van der Waals surface area contributed by atoms with Crippen LogP contribution in [0.25, 0.3) is 11.1 Å². The van der Waals surface area contributed by atoms with Crippen LogP contribution in [0.1, 0.15) is 34.1 Å². The number of aromatic nitrogens is 1. The SMILES string of the molecule is CC1(c2ccccn2)NC(=O)N(CC(=O)c2ccc3c(c2)-c2ccccc2C3)C1=O. The van der Waals surface area contributed by atoms with Gasteiger partial charge in [0.2, 0.25) is 0 Å². The lowest BCUT2D eigenvalue weighted by atomic mass is 9.97. The van der Waals surface area contributed by atoms with Crippen LogP contribution in [0.2, 0.25) is 0 Å². The highest BCUT2D eigenvalue weighted by atomic mass is 16.2. The summed E-state index contributed by atoms with van der Waals surface area (Å²) < 4.78 is 0. The zero-order valence-corrected chi connectivity index (χ0v) is 16.4. The van der Waals surface area contributed by atoms with Crippen molar-refractivity contribution in [2.24, 2.45) is 0 Å². The number of pyridine rings is 1. The molecule has 1 aromatic heterocycles. The van der Waals surface area contributed by atoms with Crippen molar-refractivity contribution < 1.29 is 14.4 Å². The lowest BCUT2D eigenvalue weighted by Gasteiger charge is -2.20. The number of carbonyl (C=O) groups excluding carboxylic acids is 3. The number of ketones is 1. The number of hydrogen-bond donors (Lipinski definition) is 1. The molecule has 0 spiro atoms. The summed E-state index contributed by atoms with van der Waals surface area (Å²) in [5, 5.41) is 2.68. The molecule has 6 nitrogen and oxygen atoms in total. The molecule has 1 saturated heterocycles. The minimum Gasteiger partial charge on any atom is -0.318 e. The summed E-state index contributed by atoms with van der Waals surface area (Å²) in [6.45, 7) is 1.29. The van der Waals surface area contributed by atoms with E-state index in [0.717, 1.165) is 22.4 Å². The number of Topliss-reactive ketones (excluding diaryl/α,β-unsaturated/α-hetero) is 1. The Morgan fingerprint density at radius 1 is 1.03 bits per heavy atom. The standard InChI is InChI=1S/C24H19N3O3/c1-24(21-8-4-5-11-25-21)22(29)27(23(30)26-24)14-20(28)17-10-9-16-12-15-6-2-3-7-18(15)19(16)13-17/h2-11,13H,12,14H2,1H3,(H,26,30). The summed E-state index contributed by atoms with van der Waals surface area (Å²) in [7, 11) is 0. The number of carbonyl (C=O) groups is 3. The second kappa shape index (κ2) is 6.62. The van der Waals surface area contributed by atoms with Crippen molar-refractivity contribution in [1.29, 1.82) is 0 Å². The molecule has 6 heteroatoms. The topological polar surface area (TPSA) is 79.4 Å². The third-order valence-corrected chi connectivity index (χ3v) is 5.87. The molecule has 2 aromatic carbocycles. The van der Waals surface area contributed by atoms with Gasteiger partial charge in [0.05, 0.1) is 12.2 Å². The normalized spacial score (nSPS) is 19.4. The summed E-state index contributed by atoms with van der Waals surface area (Å²) in [5.74, 6) is -0.762. The van der Waals surface area contributed by atoms with Gasteiger partial charge in [-0.05, 0) is 53.8 Å². The first-order valence-electron chi connectivity index (χ1n) is 9.77. The number of nitrogens with one attached hydrogen (secondary N) is 1. The Balaban J connectivity index is 1.41. The Kier molecular flexibility index (Phi) is 4.03. The van der Waals surface area contributed by atoms with Gasteiger partial charge in [-0.2, -0.15) is 0 Å². The van der Waals surface area contributed by atoms with Crippen LogP contribution >= 0.6 is 0 Å². The molecule has 1 aliphatic carbocycles. The van der Waals surface area contributed by atoms with Gasteiger partial charge in [0, 0.05) is 11.8 Å². The Morgan fingerprint density at radius 3 is 2.60 bits per heavy atom. The van der Waals surface area contributed by atoms with Crippen LogP contribution in [0, 0.1) is 0 Å². The average Bonchev–Trinajstić information content (AvgIpc) is 3.24. The van der Waals surface area contributed by atoms with Crippen molar-refractivity contribution in [2.75, 3.05) is 6.54 Å². The molecule has 0 bridgehead atoms. The van der Waals surface area contributed by atoms with Gasteiger partial charge in [-0.3, -0.25) is 19.5 Å². The predicted octanol–water partition coefficient (Wildman–Crippen LogP) is 3.30. The first-order valence-corrected chi connectivity index (χ1v) is 9.77. The van der Waals surface area contributed by atoms with E-state index in [-0.39, 0.29) is 12.3 Å². The number of fused-ring (bicyclic) bond motifs is 3. The lowest BCUT2D eigenvalue weighted by molar-refractivity contribution is -0.130. The fraction of sp³-hybridized carbons (Fsp3) is 0.167. The van der Waals surface area contributed by atoms with Crippen molar-refractivity contribution in [3.63, 3.8) is 0 Å². The molecular weight excluding hydrogens is 378 g/mol. The first kappa shape index (κ1) is 18.2. The smallest absolute Gasteiger partial charge is 0.318 e. The Bertz CT molecular complexity index is 1210. The number of nitrogens with zero attached hydrogens (tertiary/aromatic N) is 2. The van der Waals surface area contributed by atoms with Gasteiger partial charge in [0.15, 0.2) is 11.3 Å². The van der Waals surface area contributed by atoms with Gasteiger partial charge < -0.3 is 5.32 Å². The van der Waals surface area contributed by atoms with Crippen LogP contribution in [-0.2, 0) is 16.8 Å². The number of imide groups is 1. The molecule has 2 aliphatic rings. The van der Waals surface area contributed by atoms with Crippen LogP contribution < -0.4 is 5.32 Å². The van der Waals surface area contributed by atoms with E-state index in [1.54, 1.807) is 37.4 Å². The molecular formula is C24H19N3O3. The molecule has 30 heavy (non-hydrogen) atoms. The van der Waals surface area contributed by atoms with E-state index in [1.807, 2.05) is 30.3 Å². The van der Waals surface area contributed by atoms with E-state index >= 15 is 0 Å². The Hall–Kier alpha value is -3.80. The van der Waals surface area contributed by atoms with Crippen LogP contribution in [0.3, 0.4) is 0 Å². The van der Waals surface area contributed by atoms with Crippen molar-refractivity contribution >= 4 is 17.7 Å². The molecule has 1 aliphatic heterocycles. The van der Waals surface area contributed by atoms with Crippen molar-refractivity contribution in [3.05, 3.63) is 89.2 Å².